The predicted molar refractivity (Wildman–Crippen MR) is 135 cm³/mol. The van der Waals surface area contributed by atoms with Crippen molar-refractivity contribution in [2.45, 2.75) is 37.7 Å². The fourth-order valence-corrected chi connectivity index (χ4v) is 5.18. The molecule has 0 spiro atoms. The van der Waals surface area contributed by atoms with Gasteiger partial charge < -0.3 is 31.0 Å². The van der Waals surface area contributed by atoms with Gasteiger partial charge in [0.2, 0.25) is 5.88 Å². The van der Waals surface area contributed by atoms with Gasteiger partial charge in [0.05, 0.1) is 23.5 Å². The van der Waals surface area contributed by atoms with E-state index in [-0.39, 0.29) is 42.2 Å². The van der Waals surface area contributed by atoms with Crippen LogP contribution in [-0.4, -0.2) is 71.9 Å². The molecule has 2 aliphatic rings. The minimum atomic E-state index is -4.38. The van der Waals surface area contributed by atoms with Crippen LogP contribution in [0.1, 0.15) is 28.8 Å². The van der Waals surface area contributed by atoms with Crippen LogP contribution in [0, 0.1) is 5.92 Å². The number of alkyl halides is 4. The van der Waals surface area contributed by atoms with Gasteiger partial charge in [-0.25, -0.2) is 4.39 Å². The van der Waals surface area contributed by atoms with E-state index in [1.54, 1.807) is 12.3 Å². The van der Waals surface area contributed by atoms with Crippen molar-refractivity contribution in [3.8, 4) is 0 Å². The van der Waals surface area contributed by atoms with Gasteiger partial charge in [-0.3, -0.25) is 14.8 Å². The quantitative estimate of drug-likeness (QED) is 0.410. The molecular formula is C25H29F4N7O2. The normalized spacial score (nSPS) is 22.8. The number of carbonyl (C=O) groups excluding carboxylic acids is 1. The molecule has 5 heterocycles. The van der Waals surface area contributed by atoms with E-state index >= 15 is 0 Å². The first kappa shape index (κ1) is 26.2. The number of fused-ring (bicyclic) bond motifs is 1. The summed E-state index contributed by atoms with van der Waals surface area (Å²) in [5.74, 6) is -2.35. The van der Waals surface area contributed by atoms with Gasteiger partial charge in [0.25, 0.3) is 5.91 Å². The van der Waals surface area contributed by atoms with E-state index in [1.807, 2.05) is 4.90 Å². The molecular weight excluding hydrogens is 506 g/mol. The molecule has 0 saturated carbocycles. The van der Waals surface area contributed by atoms with Crippen LogP contribution in [0.4, 0.5) is 34.8 Å². The number of nitrogens with zero attached hydrogens (tertiary/aromatic N) is 4. The molecule has 38 heavy (non-hydrogen) atoms. The lowest BCUT2D eigenvalue weighted by Crippen LogP contribution is -2.51. The fraction of sp³-hybridized carbons (Fsp3) is 0.480. The molecule has 2 fully saturated rings. The Labute approximate surface area is 216 Å². The van der Waals surface area contributed by atoms with Gasteiger partial charge in [0, 0.05) is 51.2 Å². The molecule has 1 unspecified atom stereocenters. The zero-order valence-corrected chi connectivity index (χ0v) is 20.5. The van der Waals surface area contributed by atoms with Crippen molar-refractivity contribution >= 4 is 34.3 Å². The Kier molecular flexibility index (Phi) is 7.14. The Balaban J connectivity index is 1.34. The second-order valence-electron chi connectivity index (χ2n) is 9.95. The zero-order chi connectivity index (χ0) is 27.0. The molecule has 5 rings (SSSR count). The molecule has 3 atom stereocenters. The number of likely N-dealkylation sites (tertiary alicyclic amines) is 1. The van der Waals surface area contributed by atoms with E-state index in [4.69, 9.17) is 15.9 Å². The Hall–Kier alpha value is -3.45. The molecule has 0 bridgehead atoms. The van der Waals surface area contributed by atoms with Gasteiger partial charge in [0.15, 0.2) is 5.58 Å². The van der Waals surface area contributed by atoms with Crippen LogP contribution in [0.3, 0.4) is 0 Å². The summed E-state index contributed by atoms with van der Waals surface area (Å²) in [5.41, 5.74) is 14.0. The van der Waals surface area contributed by atoms with Crippen molar-refractivity contribution in [3.63, 3.8) is 0 Å². The third kappa shape index (κ3) is 5.53. The van der Waals surface area contributed by atoms with Gasteiger partial charge >= 0.3 is 6.18 Å². The molecule has 2 aliphatic heterocycles. The summed E-state index contributed by atoms with van der Waals surface area (Å²) in [6, 6.07) is 2.61. The van der Waals surface area contributed by atoms with Gasteiger partial charge in [-0.15, -0.1) is 0 Å². The number of nitrogens with two attached hydrogens (primary N) is 2. The number of pyridine rings is 2. The molecule has 1 amide bonds. The molecule has 3 aromatic heterocycles. The SMILES string of the molecule is Nc1oc2cc(CCN3CCC(F)C3)cnc2c1C(=O)Nc1cnccc1N1C[C@@H](N)C[C@@H](C(F)(F)F)C1. The van der Waals surface area contributed by atoms with Gasteiger partial charge in [-0.1, -0.05) is 0 Å². The Morgan fingerprint density at radius 1 is 1.24 bits per heavy atom. The lowest BCUT2D eigenvalue weighted by Gasteiger charge is -2.39. The summed E-state index contributed by atoms with van der Waals surface area (Å²) in [5, 5.41) is 2.71. The second kappa shape index (κ2) is 10.4. The summed E-state index contributed by atoms with van der Waals surface area (Å²) >= 11 is 0. The first-order valence-electron chi connectivity index (χ1n) is 12.4. The maximum Gasteiger partial charge on any atom is 0.393 e. The zero-order valence-electron chi connectivity index (χ0n) is 20.5. The monoisotopic (exact) mass is 535 g/mol. The second-order valence-corrected chi connectivity index (χ2v) is 9.95. The van der Waals surface area contributed by atoms with Gasteiger partial charge in [-0.2, -0.15) is 13.2 Å². The van der Waals surface area contributed by atoms with Crippen LogP contribution in [0.2, 0.25) is 0 Å². The van der Waals surface area contributed by atoms with Crippen molar-refractivity contribution in [1.82, 2.24) is 14.9 Å². The largest absolute Gasteiger partial charge is 0.438 e. The van der Waals surface area contributed by atoms with Crippen LogP contribution < -0.4 is 21.7 Å². The smallest absolute Gasteiger partial charge is 0.393 e. The number of furan rings is 1. The summed E-state index contributed by atoms with van der Waals surface area (Å²) in [6.07, 6.45) is 0.259. The highest BCUT2D eigenvalue weighted by Gasteiger charge is 2.44. The van der Waals surface area contributed by atoms with Crippen LogP contribution >= 0.6 is 0 Å². The van der Waals surface area contributed by atoms with Crippen LogP contribution in [0.25, 0.3) is 11.1 Å². The summed E-state index contributed by atoms with van der Waals surface area (Å²) in [4.78, 5) is 25.2. The Morgan fingerprint density at radius 3 is 2.79 bits per heavy atom. The first-order chi connectivity index (χ1) is 18.1. The van der Waals surface area contributed by atoms with Crippen LogP contribution in [0.5, 0.6) is 0 Å². The van der Waals surface area contributed by atoms with Crippen molar-refractivity contribution < 1.29 is 26.8 Å². The average molecular weight is 536 g/mol. The van der Waals surface area contributed by atoms with E-state index < -0.39 is 30.2 Å². The number of halogens is 4. The van der Waals surface area contributed by atoms with Gasteiger partial charge in [0.1, 0.15) is 17.3 Å². The number of hydrogen-bond donors (Lipinski definition) is 3. The third-order valence-corrected chi connectivity index (χ3v) is 7.10. The standard InChI is InChI=1S/C25H29F4N7O2/c26-16-3-6-35(12-16)5-2-14-7-20-22(33-9-14)21(23(31)38-20)24(37)34-18-10-32-4-1-19(18)36-11-15(25(27,28)29)8-17(30)13-36/h1,4,7,9-10,15-17H,2-3,5-6,8,11-13,30-31H2,(H,34,37)/t15-,16?,17+/m1/s1. The minimum Gasteiger partial charge on any atom is -0.438 e. The molecule has 204 valence electrons. The molecule has 13 heteroatoms. The van der Waals surface area contributed by atoms with Crippen LogP contribution in [0.15, 0.2) is 35.1 Å². The molecule has 9 nitrogen and oxygen atoms in total. The van der Waals surface area contributed by atoms with E-state index in [0.717, 1.165) is 5.56 Å². The van der Waals surface area contributed by atoms with Crippen LogP contribution in [-0.2, 0) is 6.42 Å². The van der Waals surface area contributed by atoms with Crippen molar-refractivity contribution in [2.75, 3.05) is 48.7 Å². The van der Waals surface area contributed by atoms with Crippen molar-refractivity contribution in [3.05, 3.63) is 41.9 Å². The average Bonchev–Trinajstić information content (AvgIpc) is 3.43. The van der Waals surface area contributed by atoms with Gasteiger partial charge in [-0.05, 0) is 37.0 Å². The Morgan fingerprint density at radius 2 is 2.05 bits per heavy atom. The molecule has 2 saturated heterocycles. The number of piperidine rings is 1. The van der Waals surface area contributed by atoms with E-state index in [0.29, 0.717) is 43.7 Å². The van der Waals surface area contributed by atoms with Crippen molar-refractivity contribution in [1.29, 1.82) is 0 Å². The highest BCUT2D eigenvalue weighted by molar-refractivity contribution is 6.15. The molecule has 0 aromatic carbocycles. The lowest BCUT2D eigenvalue weighted by atomic mass is 9.93. The third-order valence-electron chi connectivity index (χ3n) is 7.10. The van der Waals surface area contributed by atoms with E-state index in [9.17, 15) is 22.4 Å². The summed E-state index contributed by atoms with van der Waals surface area (Å²) in [7, 11) is 0. The number of hydrogen-bond acceptors (Lipinski definition) is 8. The molecule has 0 aliphatic carbocycles. The number of amides is 1. The highest BCUT2D eigenvalue weighted by atomic mass is 19.4. The Bertz CT molecular complexity index is 1310. The lowest BCUT2D eigenvalue weighted by molar-refractivity contribution is -0.177. The van der Waals surface area contributed by atoms with E-state index in [2.05, 4.69) is 15.3 Å². The maximum absolute atomic E-state index is 13.5. The minimum absolute atomic E-state index is 0.0182. The summed E-state index contributed by atoms with van der Waals surface area (Å²) < 4.78 is 59.4. The number of carbonyl (C=O) groups is 1. The number of aromatic nitrogens is 2. The number of nitrogen functional groups attached to an aromatic ring is 1. The molecule has 3 aromatic rings. The molecule has 0 radical (unpaired) electrons. The first-order valence-corrected chi connectivity index (χ1v) is 12.4. The topological polar surface area (TPSA) is 127 Å². The van der Waals surface area contributed by atoms with E-state index in [1.165, 1.54) is 23.4 Å². The summed E-state index contributed by atoms with van der Waals surface area (Å²) in [6.45, 7) is 1.73. The maximum atomic E-state index is 13.5. The van der Waals surface area contributed by atoms with Crippen molar-refractivity contribution in [2.24, 2.45) is 11.7 Å². The number of anilines is 3. The fourth-order valence-electron chi connectivity index (χ4n) is 5.18. The number of rotatable bonds is 6. The molecule has 5 N–H and O–H groups in total. The number of nitrogens with one attached hydrogen (secondary N) is 1. The predicted octanol–water partition coefficient (Wildman–Crippen LogP) is 3.36. The highest BCUT2D eigenvalue weighted by Crippen LogP contribution is 2.37.